The number of halogens is 3. The summed E-state index contributed by atoms with van der Waals surface area (Å²) in [6.07, 6.45) is -4.79. The minimum absolute atomic E-state index is 0.310. The Morgan fingerprint density at radius 3 is 2.21 bits per heavy atom. The minimum atomic E-state index is -4.79. The fourth-order valence-electron chi connectivity index (χ4n) is 2.96. The largest absolute Gasteiger partial charge is 0.573 e. The van der Waals surface area contributed by atoms with Crippen molar-refractivity contribution in [3.63, 3.8) is 0 Å². The predicted molar refractivity (Wildman–Crippen MR) is 120 cm³/mol. The number of rotatable bonds is 7. The van der Waals surface area contributed by atoms with Crippen LogP contribution in [0.15, 0.2) is 48.5 Å². The number of benzene rings is 2. The van der Waals surface area contributed by atoms with Crippen LogP contribution in [-0.4, -0.2) is 36.1 Å². The molecular formula is C23H25F3N4O3. The molecule has 0 bridgehead atoms. The van der Waals surface area contributed by atoms with Gasteiger partial charge in [-0.2, -0.15) is 4.98 Å². The highest BCUT2D eigenvalue weighted by Crippen LogP contribution is 2.33. The summed E-state index contributed by atoms with van der Waals surface area (Å²) in [5, 5.41) is 6.37. The molecule has 7 nitrogen and oxygen atoms in total. The lowest BCUT2D eigenvalue weighted by atomic mass is 10.1. The molecule has 0 aliphatic heterocycles. The highest BCUT2D eigenvalue weighted by atomic mass is 19.4. The lowest BCUT2D eigenvalue weighted by Gasteiger charge is -2.21. The zero-order valence-electron chi connectivity index (χ0n) is 18.9. The number of ether oxygens (including phenoxy) is 3. The van der Waals surface area contributed by atoms with Crippen molar-refractivity contribution in [3.05, 3.63) is 48.5 Å². The Bertz CT molecular complexity index is 1110. The molecule has 1 aromatic heterocycles. The summed E-state index contributed by atoms with van der Waals surface area (Å²) >= 11 is 0. The first kappa shape index (κ1) is 24.0. The number of nitrogens with one attached hydrogen (secondary N) is 2. The first-order valence-corrected chi connectivity index (χ1v) is 9.98. The third kappa shape index (κ3) is 6.90. The van der Waals surface area contributed by atoms with Crippen molar-refractivity contribution in [1.82, 2.24) is 9.97 Å². The van der Waals surface area contributed by atoms with Gasteiger partial charge >= 0.3 is 6.36 Å². The van der Waals surface area contributed by atoms with Gasteiger partial charge < -0.3 is 24.8 Å². The van der Waals surface area contributed by atoms with E-state index in [1.165, 1.54) is 25.3 Å². The van der Waals surface area contributed by atoms with Gasteiger partial charge in [0.05, 0.1) is 19.9 Å². The Kier molecular flexibility index (Phi) is 6.85. The zero-order chi connectivity index (χ0) is 24.2. The van der Waals surface area contributed by atoms with Gasteiger partial charge in [-0.15, -0.1) is 13.2 Å². The maximum Gasteiger partial charge on any atom is 0.573 e. The fraction of sp³-hybridized carbons (Fsp3) is 0.304. The molecule has 2 aromatic carbocycles. The van der Waals surface area contributed by atoms with Crippen LogP contribution in [0, 0.1) is 0 Å². The van der Waals surface area contributed by atoms with E-state index in [1.54, 1.807) is 37.4 Å². The monoisotopic (exact) mass is 462 g/mol. The summed E-state index contributed by atoms with van der Waals surface area (Å²) in [5.41, 5.74) is 1.17. The number of alkyl halides is 3. The second kappa shape index (κ2) is 9.43. The number of methoxy groups -OCH3 is 2. The Hall–Kier alpha value is -3.69. The standard InChI is InChI=1S/C23H25F3N4O3/c1-22(2,3)30-21-28-17(14-7-6-8-16(11-14)33-23(24,25)26)13-20(29-21)27-15-9-10-18(31-4)19(12-15)32-5/h6-13H,1-5H3,(H2,27,28,29,30). The maximum atomic E-state index is 12.7. The summed E-state index contributed by atoms with van der Waals surface area (Å²) < 4.78 is 52.6. The van der Waals surface area contributed by atoms with E-state index in [2.05, 4.69) is 25.3 Å². The van der Waals surface area contributed by atoms with Crippen LogP contribution >= 0.6 is 0 Å². The smallest absolute Gasteiger partial charge is 0.493 e. The Labute approximate surface area is 189 Å². The first-order chi connectivity index (χ1) is 15.5. The molecule has 0 spiro atoms. The molecular weight excluding hydrogens is 437 g/mol. The third-order valence-electron chi connectivity index (χ3n) is 4.23. The van der Waals surface area contributed by atoms with Crippen molar-refractivity contribution >= 4 is 17.5 Å². The van der Waals surface area contributed by atoms with Crippen molar-refractivity contribution in [2.24, 2.45) is 0 Å². The normalized spacial score (nSPS) is 11.6. The van der Waals surface area contributed by atoms with Crippen LogP contribution in [0.25, 0.3) is 11.3 Å². The molecule has 10 heteroatoms. The Balaban J connectivity index is 2.01. The molecule has 0 saturated carbocycles. The number of aromatic nitrogens is 2. The van der Waals surface area contributed by atoms with E-state index >= 15 is 0 Å². The van der Waals surface area contributed by atoms with Crippen LogP contribution in [0.5, 0.6) is 17.2 Å². The van der Waals surface area contributed by atoms with Gasteiger partial charge in [-0.25, -0.2) is 4.98 Å². The lowest BCUT2D eigenvalue weighted by Crippen LogP contribution is -2.27. The van der Waals surface area contributed by atoms with Gasteiger partial charge in [-0.3, -0.25) is 0 Å². The number of hydrogen-bond acceptors (Lipinski definition) is 7. The molecule has 0 amide bonds. The summed E-state index contributed by atoms with van der Waals surface area (Å²) in [7, 11) is 3.08. The van der Waals surface area contributed by atoms with Crippen LogP contribution in [-0.2, 0) is 0 Å². The van der Waals surface area contributed by atoms with Crippen LogP contribution in [0.4, 0.5) is 30.6 Å². The molecule has 0 fully saturated rings. The molecule has 0 aliphatic carbocycles. The topological polar surface area (TPSA) is 77.5 Å². The van der Waals surface area contributed by atoms with E-state index in [4.69, 9.17) is 9.47 Å². The van der Waals surface area contributed by atoms with E-state index in [1.807, 2.05) is 20.8 Å². The summed E-state index contributed by atoms with van der Waals surface area (Å²) in [4.78, 5) is 8.99. The first-order valence-electron chi connectivity index (χ1n) is 9.98. The maximum absolute atomic E-state index is 12.7. The average Bonchev–Trinajstić information content (AvgIpc) is 2.71. The van der Waals surface area contributed by atoms with E-state index in [9.17, 15) is 13.2 Å². The molecule has 33 heavy (non-hydrogen) atoms. The lowest BCUT2D eigenvalue weighted by molar-refractivity contribution is -0.274. The van der Waals surface area contributed by atoms with Gasteiger partial charge in [-0.1, -0.05) is 12.1 Å². The number of nitrogens with zero attached hydrogens (tertiary/aromatic N) is 2. The minimum Gasteiger partial charge on any atom is -0.493 e. The number of hydrogen-bond donors (Lipinski definition) is 2. The van der Waals surface area contributed by atoms with Gasteiger partial charge in [0, 0.05) is 28.9 Å². The Morgan fingerprint density at radius 2 is 1.58 bits per heavy atom. The summed E-state index contributed by atoms with van der Waals surface area (Å²) in [6.45, 7) is 5.84. The molecule has 2 N–H and O–H groups in total. The third-order valence-corrected chi connectivity index (χ3v) is 4.23. The highest BCUT2D eigenvalue weighted by molar-refractivity contribution is 5.69. The molecule has 176 valence electrons. The zero-order valence-corrected chi connectivity index (χ0v) is 18.9. The fourth-order valence-corrected chi connectivity index (χ4v) is 2.96. The second-order valence-electron chi connectivity index (χ2n) is 8.11. The van der Waals surface area contributed by atoms with Crippen LogP contribution < -0.4 is 24.8 Å². The van der Waals surface area contributed by atoms with Gasteiger partial charge in [0.15, 0.2) is 11.5 Å². The molecule has 0 aliphatic rings. The second-order valence-corrected chi connectivity index (χ2v) is 8.11. The van der Waals surface area contributed by atoms with Crippen LogP contribution in [0.3, 0.4) is 0 Å². The molecule has 0 saturated heterocycles. The SMILES string of the molecule is COc1ccc(Nc2cc(-c3cccc(OC(F)(F)F)c3)nc(NC(C)(C)C)n2)cc1OC. The number of anilines is 3. The molecule has 0 atom stereocenters. The average molecular weight is 462 g/mol. The van der Waals surface area contributed by atoms with E-state index in [-0.39, 0.29) is 11.3 Å². The van der Waals surface area contributed by atoms with Crippen molar-refractivity contribution < 1.29 is 27.4 Å². The van der Waals surface area contributed by atoms with Crippen molar-refractivity contribution in [3.8, 4) is 28.5 Å². The van der Waals surface area contributed by atoms with Crippen molar-refractivity contribution in [2.45, 2.75) is 32.7 Å². The summed E-state index contributed by atoms with van der Waals surface area (Å²) in [6, 6.07) is 12.5. The van der Waals surface area contributed by atoms with Gasteiger partial charge in [0.25, 0.3) is 0 Å². The van der Waals surface area contributed by atoms with Crippen LogP contribution in [0.2, 0.25) is 0 Å². The molecule has 3 rings (SSSR count). The predicted octanol–water partition coefficient (Wildman–Crippen LogP) is 6.01. The molecule has 0 unspecified atom stereocenters. The van der Waals surface area contributed by atoms with Gasteiger partial charge in [-0.05, 0) is 45.0 Å². The van der Waals surface area contributed by atoms with E-state index in [0.29, 0.717) is 40.2 Å². The van der Waals surface area contributed by atoms with Crippen molar-refractivity contribution in [1.29, 1.82) is 0 Å². The van der Waals surface area contributed by atoms with Crippen LogP contribution in [0.1, 0.15) is 20.8 Å². The molecule has 1 heterocycles. The van der Waals surface area contributed by atoms with Gasteiger partial charge in [0.1, 0.15) is 11.6 Å². The van der Waals surface area contributed by atoms with Crippen molar-refractivity contribution in [2.75, 3.05) is 24.9 Å². The quantitative estimate of drug-likeness (QED) is 0.445. The molecule has 0 radical (unpaired) electrons. The van der Waals surface area contributed by atoms with E-state index in [0.717, 1.165) is 0 Å². The highest BCUT2D eigenvalue weighted by Gasteiger charge is 2.31. The van der Waals surface area contributed by atoms with E-state index < -0.39 is 6.36 Å². The van der Waals surface area contributed by atoms with Gasteiger partial charge in [0.2, 0.25) is 5.95 Å². The summed E-state index contributed by atoms with van der Waals surface area (Å²) in [5.74, 6) is 1.51. The molecule has 3 aromatic rings. The Morgan fingerprint density at radius 1 is 0.848 bits per heavy atom.